The maximum absolute atomic E-state index is 5.33. The Morgan fingerprint density at radius 1 is 1.55 bits per heavy atom. The second-order valence-corrected chi connectivity index (χ2v) is 2.01. The van der Waals surface area contributed by atoms with E-state index in [9.17, 15) is 0 Å². The molecule has 0 atom stereocenters. The number of nitrogen functional groups attached to an aromatic ring is 1. The van der Waals surface area contributed by atoms with E-state index in [-0.39, 0.29) is 0 Å². The lowest BCUT2D eigenvalue weighted by molar-refractivity contribution is 1.03. The summed E-state index contributed by atoms with van der Waals surface area (Å²) in [6.07, 6.45) is 1.75. The van der Waals surface area contributed by atoms with Gasteiger partial charge in [0.25, 0.3) is 0 Å². The van der Waals surface area contributed by atoms with E-state index in [1.54, 1.807) is 18.2 Å². The van der Waals surface area contributed by atoms with E-state index in [0.717, 1.165) is 0 Å². The third kappa shape index (κ3) is 2.25. The highest BCUT2D eigenvalue weighted by atomic mass is 15.2. The summed E-state index contributed by atoms with van der Waals surface area (Å²) in [5, 5.41) is 10.4. The van der Waals surface area contributed by atoms with Crippen LogP contribution in [0.1, 0.15) is 0 Å². The van der Waals surface area contributed by atoms with E-state index in [0.29, 0.717) is 18.2 Å². The Kier molecular flexibility index (Phi) is 2.43. The molecule has 11 heavy (non-hydrogen) atoms. The Hall–Kier alpha value is -1.58. The molecule has 0 saturated heterocycles. The van der Waals surface area contributed by atoms with Gasteiger partial charge in [-0.25, -0.2) is 0 Å². The lowest BCUT2D eigenvalue weighted by Crippen LogP contribution is -2.02. The lowest BCUT2D eigenvalue weighted by Gasteiger charge is -1.99. The molecule has 4 nitrogen and oxygen atoms in total. The Balaban J connectivity index is 2.58. The summed E-state index contributed by atoms with van der Waals surface area (Å²) >= 11 is 0. The Labute approximate surface area is 65.1 Å². The highest BCUT2D eigenvalue weighted by Gasteiger charge is 1.90. The van der Waals surface area contributed by atoms with Crippen LogP contribution in [0, 0.1) is 0 Å². The number of nitrogens with zero attached hydrogens (tertiary/aromatic N) is 2. The average molecular weight is 150 g/mol. The topological polar surface area (TPSA) is 63.8 Å². The van der Waals surface area contributed by atoms with Crippen LogP contribution < -0.4 is 11.1 Å². The molecule has 1 heterocycles. The molecular weight excluding hydrogens is 140 g/mol. The molecule has 0 spiro atoms. The Morgan fingerprint density at radius 2 is 2.36 bits per heavy atom. The fourth-order valence-electron chi connectivity index (χ4n) is 0.614. The average Bonchev–Trinajstić information content (AvgIpc) is 2.04. The van der Waals surface area contributed by atoms with Crippen LogP contribution in [0.15, 0.2) is 24.8 Å². The molecule has 58 valence electrons. The first-order chi connectivity index (χ1) is 5.33. The van der Waals surface area contributed by atoms with Gasteiger partial charge < -0.3 is 11.1 Å². The molecule has 0 aromatic carbocycles. The molecule has 0 saturated carbocycles. The molecule has 3 N–H and O–H groups in total. The summed E-state index contributed by atoms with van der Waals surface area (Å²) in [7, 11) is 0. The van der Waals surface area contributed by atoms with Gasteiger partial charge >= 0.3 is 0 Å². The summed E-state index contributed by atoms with van der Waals surface area (Å²) < 4.78 is 0. The van der Waals surface area contributed by atoms with Crippen molar-refractivity contribution in [3.8, 4) is 0 Å². The molecular formula is C7H10N4. The lowest BCUT2D eigenvalue weighted by atomic mass is 10.5. The summed E-state index contributed by atoms with van der Waals surface area (Å²) in [6.45, 7) is 4.24. The van der Waals surface area contributed by atoms with Gasteiger partial charge in [-0.05, 0) is 12.1 Å². The summed E-state index contributed by atoms with van der Waals surface area (Å²) in [6, 6.07) is 3.46. The first-order valence-electron chi connectivity index (χ1n) is 3.27. The summed E-state index contributed by atoms with van der Waals surface area (Å²) in [5.41, 5.74) is 5.33. The van der Waals surface area contributed by atoms with Crippen LogP contribution in [0.3, 0.4) is 0 Å². The molecule has 0 unspecified atom stereocenters. The van der Waals surface area contributed by atoms with E-state index in [4.69, 9.17) is 5.73 Å². The molecule has 1 aromatic heterocycles. The van der Waals surface area contributed by atoms with Gasteiger partial charge in [-0.2, -0.15) is 0 Å². The fraction of sp³-hybridized carbons (Fsp3) is 0.143. The molecule has 1 aromatic rings. The zero-order valence-corrected chi connectivity index (χ0v) is 6.12. The van der Waals surface area contributed by atoms with Gasteiger partial charge in [-0.1, -0.05) is 6.08 Å². The van der Waals surface area contributed by atoms with Gasteiger partial charge in [-0.15, -0.1) is 16.8 Å². The van der Waals surface area contributed by atoms with E-state index in [1.165, 1.54) is 0 Å². The predicted octanol–water partition coefficient (Wildman–Crippen LogP) is 0.657. The maximum Gasteiger partial charge on any atom is 0.149 e. The quantitative estimate of drug-likeness (QED) is 0.621. The van der Waals surface area contributed by atoms with Crippen LogP contribution in [0.5, 0.6) is 0 Å². The predicted molar refractivity (Wildman–Crippen MR) is 45.1 cm³/mol. The van der Waals surface area contributed by atoms with Gasteiger partial charge in [0.05, 0.1) is 0 Å². The number of anilines is 2. The van der Waals surface area contributed by atoms with Crippen LogP contribution in [0.4, 0.5) is 11.6 Å². The second-order valence-electron chi connectivity index (χ2n) is 2.01. The Bertz CT molecular complexity index is 229. The van der Waals surface area contributed by atoms with Gasteiger partial charge in [0.2, 0.25) is 0 Å². The number of nitrogens with one attached hydrogen (secondary N) is 1. The molecule has 0 radical (unpaired) electrons. The van der Waals surface area contributed by atoms with Crippen LogP contribution in [0.25, 0.3) is 0 Å². The number of aromatic nitrogens is 2. The van der Waals surface area contributed by atoms with Crippen molar-refractivity contribution in [3.05, 3.63) is 24.8 Å². The normalized spacial score (nSPS) is 9.09. The Morgan fingerprint density at radius 3 is 2.91 bits per heavy atom. The zero-order valence-electron chi connectivity index (χ0n) is 6.12. The van der Waals surface area contributed by atoms with Crippen molar-refractivity contribution in [2.45, 2.75) is 0 Å². The minimum absolute atomic E-state index is 0.425. The molecule has 4 heteroatoms. The first kappa shape index (κ1) is 7.53. The van der Waals surface area contributed by atoms with Gasteiger partial charge in [-0.3, -0.25) is 0 Å². The molecule has 0 aliphatic heterocycles. The van der Waals surface area contributed by atoms with Gasteiger partial charge in [0.15, 0.2) is 0 Å². The van der Waals surface area contributed by atoms with Crippen molar-refractivity contribution in [1.82, 2.24) is 10.2 Å². The van der Waals surface area contributed by atoms with Crippen LogP contribution in [-0.2, 0) is 0 Å². The monoisotopic (exact) mass is 150 g/mol. The van der Waals surface area contributed by atoms with Crippen molar-refractivity contribution < 1.29 is 0 Å². The highest BCUT2D eigenvalue weighted by Crippen LogP contribution is 2.01. The third-order valence-electron chi connectivity index (χ3n) is 1.11. The van der Waals surface area contributed by atoms with Crippen molar-refractivity contribution in [2.75, 3.05) is 17.6 Å². The number of hydrogen-bond acceptors (Lipinski definition) is 4. The number of nitrogens with two attached hydrogens (primary N) is 1. The van der Waals surface area contributed by atoms with Crippen molar-refractivity contribution in [1.29, 1.82) is 0 Å². The molecule has 0 aliphatic carbocycles. The third-order valence-corrected chi connectivity index (χ3v) is 1.11. The fourth-order valence-corrected chi connectivity index (χ4v) is 0.614. The minimum atomic E-state index is 0.425. The summed E-state index contributed by atoms with van der Waals surface area (Å²) in [5.74, 6) is 1.13. The molecule has 0 amide bonds. The van der Waals surface area contributed by atoms with Gasteiger partial charge in [0, 0.05) is 6.54 Å². The smallest absolute Gasteiger partial charge is 0.149 e. The van der Waals surface area contributed by atoms with Crippen molar-refractivity contribution in [2.24, 2.45) is 0 Å². The number of hydrogen-bond donors (Lipinski definition) is 2. The van der Waals surface area contributed by atoms with Crippen LogP contribution in [0.2, 0.25) is 0 Å². The minimum Gasteiger partial charge on any atom is -0.382 e. The molecule has 0 aliphatic rings. The standard InChI is InChI=1S/C7H10N4/c1-2-5-9-7-4-3-6(8)10-11-7/h2-4H,1,5H2,(H2,8,10)(H,9,11). The van der Waals surface area contributed by atoms with Gasteiger partial charge in [0.1, 0.15) is 11.6 Å². The van der Waals surface area contributed by atoms with E-state index in [1.807, 2.05) is 0 Å². The van der Waals surface area contributed by atoms with E-state index >= 15 is 0 Å². The van der Waals surface area contributed by atoms with E-state index < -0.39 is 0 Å². The molecule has 1 rings (SSSR count). The number of rotatable bonds is 3. The van der Waals surface area contributed by atoms with Crippen LogP contribution in [-0.4, -0.2) is 16.7 Å². The molecule has 0 bridgehead atoms. The zero-order chi connectivity index (χ0) is 8.10. The SMILES string of the molecule is C=CCNc1ccc(N)nn1. The van der Waals surface area contributed by atoms with E-state index in [2.05, 4.69) is 22.1 Å². The van der Waals surface area contributed by atoms with Crippen molar-refractivity contribution in [3.63, 3.8) is 0 Å². The maximum atomic E-state index is 5.33. The largest absolute Gasteiger partial charge is 0.382 e. The first-order valence-corrected chi connectivity index (χ1v) is 3.27. The second kappa shape index (κ2) is 3.55. The highest BCUT2D eigenvalue weighted by molar-refractivity contribution is 5.38. The van der Waals surface area contributed by atoms with Crippen LogP contribution >= 0.6 is 0 Å². The van der Waals surface area contributed by atoms with Crippen molar-refractivity contribution >= 4 is 11.6 Å². The summed E-state index contributed by atoms with van der Waals surface area (Å²) in [4.78, 5) is 0. The molecule has 0 fully saturated rings.